The topological polar surface area (TPSA) is 66.9 Å². The number of unbranched alkanes of at least 4 members (excludes halogenated alkanes) is 1. The highest BCUT2D eigenvalue weighted by Gasteiger charge is 2.08. The zero-order valence-electron chi connectivity index (χ0n) is 8.11. The molecule has 0 aliphatic heterocycles. The zero-order chi connectivity index (χ0) is 10.4. The first-order valence-electron chi connectivity index (χ1n) is 4.68. The van der Waals surface area contributed by atoms with E-state index in [4.69, 9.17) is 10.5 Å². The fourth-order valence-corrected chi connectivity index (χ4v) is 2.65. The fourth-order valence-electron chi connectivity index (χ4n) is 1.21. The Morgan fingerprint density at radius 3 is 2.43 bits per heavy atom. The van der Waals surface area contributed by atoms with E-state index in [1.165, 1.54) is 0 Å². The second-order valence-electron chi connectivity index (χ2n) is 3.19. The van der Waals surface area contributed by atoms with Crippen molar-refractivity contribution in [2.75, 3.05) is 12.3 Å². The molecule has 14 heavy (non-hydrogen) atoms. The third-order valence-electron chi connectivity index (χ3n) is 2.01. The SMILES string of the molecule is N=S(=O)(CCCCN)c1ccccc1. The van der Waals surface area contributed by atoms with Gasteiger partial charge in [0.1, 0.15) is 0 Å². The smallest absolute Gasteiger partial charge is 0.0726 e. The minimum absolute atomic E-state index is 0.411. The summed E-state index contributed by atoms with van der Waals surface area (Å²) in [6.07, 6.45) is 1.59. The number of benzene rings is 1. The molecule has 0 bridgehead atoms. The van der Waals surface area contributed by atoms with Crippen molar-refractivity contribution in [2.45, 2.75) is 17.7 Å². The molecule has 0 aromatic heterocycles. The fraction of sp³-hybridized carbons (Fsp3) is 0.400. The second-order valence-corrected chi connectivity index (χ2v) is 5.42. The van der Waals surface area contributed by atoms with Crippen LogP contribution in [0.2, 0.25) is 0 Å². The van der Waals surface area contributed by atoms with Crippen LogP contribution < -0.4 is 5.73 Å². The maximum atomic E-state index is 11.9. The average Bonchev–Trinajstić information content (AvgIpc) is 2.19. The highest BCUT2D eigenvalue weighted by atomic mass is 32.2. The molecule has 1 unspecified atom stereocenters. The summed E-state index contributed by atoms with van der Waals surface area (Å²) in [7, 11) is -2.59. The Morgan fingerprint density at radius 1 is 1.21 bits per heavy atom. The third kappa shape index (κ3) is 3.12. The molecule has 1 rings (SSSR count). The first-order valence-corrected chi connectivity index (χ1v) is 6.41. The van der Waals surface area contributed by atoms with E-state index in [0.717, 1.165) is 12.8 Å². The monoisotopic (exact) mass is 212 g/mol. The molecule has 0 saturated carbocycles. The summed E-state index contributed by atoms with van der Waals surface area (Å²) in [4.78, 5) is 0.622. The number of nitrogens with one attached hydrogen (secondary N) is 1. The van der Waals surface area contributed by atoms with Crippen molar-refractivity contribution in [3.8, 4) is 0 Å². The van der Waals surface area contributed by atoms with E-state index in [1.807, 2.05) is 18.2 Å². The molecular formula is C10H16N2OS. The van der Waals surface area contributed by atoms with E-state index in [2.05, 4.69) is 0 Å². The Labute approximate surface area is 85.3 Å². The Hall–Kier alpha value is -0.870. The molecule has 1 atom stereocenters. The van der Waals surface area contributed by atoms with Gasteiger partial charge in [-0.2, -0.15) is 0 Å². The van der Waals surface area contributed by atoms with Crippen molar-refractivity contribution in [3.63, 3.8) is 0 Å². The summed E-state index contributed by atoms with van der Waals surface area (Å²) in [6, 6.07) is 8.98. The molecule has 3 nitrogen and oxygen atoms in total. The maximum absolute atomic E-state index is 11.9. The summed E-state index contributed by atoms with van der Waals surface area (Å²) >= 11 is 0. The molecule has 0 radical (unpaired) electrons. The minimum atomic E-state index is -2.59. The van der Waals surface area contributed by atoms with E-state index < -0.39 is 9.73 Å². The highest BCUT2D eigenvalue weighted by Crippen LogP contribution is 2.12. The van der Waals surface area contributed by atoms with Gasteiger partial charge in [0.2, 0.25) is 0 Å². The van der Waals surface area contributed by atoms with Gasteiger partial charge >= 0.3 is 0 Å². The molecule has 0 saturated heterocycles. The van der Waals surface area contributed by atoms with Crippen LogP contribution in [0.1, 0.15) is 12.8 Å². The van der Waals surface area contributed by atoms with Crippen LogP contribution in [0.4, 0.5) is 0 Å². The Balaban J connectivity index is 2.67. The summed E-state index contributed by atoms with van der Waals surface area (Å²) in [5, 5.41) is 0. The van der Waals surface area contributed by atoms with Gasteiger partial charge in [-0.25, -0.2) is 8.99 Å². The van der Waals surface area contributed by atoms with Crippen LogP contribution in [0.25, 0.3) is 0 Å². The molecule has 1 aromatic carbocycles. The van der Waals surface area contributed by atoms with Crippen LogP contribution in [0.15, 0.2) is 35.2 Å². The van der Waals surface area contributed by atoms with Gasteiger partial charge in [0.05, 0.1) is 9.73 Å². The van der Waals surface area contributed by atoms with Gasteiger partial charge in [-0.1, -0.05) is 18.2 Å². The van der Waals surface area contributed by atoms with Gasteiger partial charge in [0, 0.05) is 10.6 Å². The standard InChI is InChI=1S/C10H16N2OS/c11-8-4-5-9-14(12,13)10-6-2-1-3-7-10/h1-3,6-7,12H,4-5,8-9,11H2. The Morgan fingerprint density at radius 2 is 1.86 bits per heavy atom. The van der Waals surface area contributed by atoms with Crippen LogP contribution in [-0.2, 0) is 9.73 Å². The van der Waals surface area contributed by atoms with Crippen LogP contribution >= 0.6 is 0 Å². The largest absolute Gasteiger partial charge is 0.330 e. The number of rotatable bonds is 5. The number of hydrogen-bond acceptors (Lipinski definition) is 3. The third-order valence-corrected chi connectivity index (χ3v) is 3.91. The number of hydrogen-bond donors (Lipinski definition) is 2. The average molecular weight is 212 g/mol. The molecule has 78 valence electrons. The Kier molecular flexibility index (Phi) is 4.10. The predicted octanol–water partition coefficient (Wildman–Crippen LogP) is 1.83. The van der Waals surface area contributed by atoms with Gasteiger partial charge in [-0.05, 0) is 31.5 Å². The van der Waals surface area contributed by atoms with Crippen LogP contribution in [0.5, 0.6) is 0 Å². The normalized spacial score (nSPS) is 14.9. The molecule has 0 aliphatic carbocycles. The summed E-state index contributed by atoms with van der Waals surface area (Å²) in [5.74, 6) is 0.411. The molecule has 0 spiro atoms. The van der Waals surface area contributed by atoms with Crippen molar-refractivity contribution in [2.24, 2.45) is 5.73 Å². The second kappa shape index (κ2) is 5.12. The van der Waals surface area contributed by atoms with E-state index in [-0.39, 0.29) is 0 Å². The van der Waals surface area contributed by atoms with E-state index in [1.54, 1.807) is 12.1 Å². The predicted molar refractivity (Wildman–Crippen MR) is 58.7 cm³/mol. The van der Waals surface area contributed by atoms with Gasteiger partial charge in [-0.15, -0.1) is 0 Å². The molecule has 3 N–H and O–H groups in total. The molecule has 0 fully saturated rings. The van der Waals surface area contributed by atoms with Gasteiger partial charge in [-0.3, -0.25) is 0 Å². The van der Waals surface area contributed by atoms with Gasteiger partial charge in [0.15, 0.2) is 0 Å². The maximum Gasteiger partial charge on any atom is 0.0726 e. The summed E-state index contributed by atoms with van der Waals surface area (Å²) in [6.45, 7) is 0.601. The molecule has 0 heterocycles. The van der Waals surface area contributed by atoms with Crippen molar-refractivity contribution in [1.29, 1.82) is 4.78 Å². The van der Waals surface area contributed by atoms with Gasteiger partial charge in [0.25, 0.3) is 0 Å². The van der Waals surface area contributed by atoms with Crippen molar-refractivity contribution < 1.29 is 4.21 Å². The molecule has 4 heteroatoms. The number of nitrogens with two attached hydrogens (primary N) is 1. The summed E-state index contributed by atoms with van der Waals surface area (Å²) in [5.41, 5.74) is 5.34. The lowest BCUT2D eigenvalue weighted by Gasteiger charge is -2.06. The van der Waals surface area contributed by atoms with Gasteiger partial charge < -0.3 is 5.73 Å². The molecular weight excluding hydrogens is 196 g/mol. The Bertz CT molecular complexity index is 359. The van der Waals surface area contributed by atoms with Crippen LogP contribution in [0, 0.1) is 4.78 Å². The molecule has 0 aliphatic rings. The lowest BCUT2D eigenvalue weighted by atomic mass is 10.3. The zero-order valence-corrected chi connectivity index (χ0v) is 8.93. The first-order chi connectivity index (χ1) is 6.67. The van der Waals surface area contributed by atoms with E-state index in [9.17, 15) is 4.21 Å². The highest BCUT2D eigenvalue weighted by molar-refractivity contribution is 7.92. The molecule has 0 amide bonds. The first kappa shape index (κ1) is 11.2. The lowest BCUT2D eigenvalue weighted by molar-refractivity contribution is 0.669. The van der Waals surface area contributed by atoms with E-state index >= 15 is 0 Å². The van der Waals surface area contributed by atoms with Crippen molar-refractivity contribution in [1.82, 2.24) is 0 Å². The minimum Gasteiger partial charge on any atom is -0.330 e. The lowest BCUT2D eigenvalue weighted by Crippen LogP contribution is -2.07. The summed E-state index contributed by atoms with van der Waals surface area (Å²) < 4.78 is 19.6. The van der Waals surface area contributed by atoms with Crippen LogP contribution in [0.3, 0.4) is 0 Å². The van der Waals surface area contributed by atoms with E-state index in [0.29, 0.717) is 17.2 Å². The molecule has 1 aromatic rings. The quantitative estimate of drug-likeness (QED) is 0.731. The van der Waals surface area contributed by atoms with Crippen molar-refractivity contribution >= 4 is 9.73 Å². The van der Waals surface area contributed by atoms with Crippen molar-refractivity contribution in [3.05, 3.63) is 30.3 Å². The van der Waals surface area contributed by atoms with Crippen LogP contribution in [-0.4, -0.2) is 16.5 Å².